The smallest absolute Gasteiger partial charge is 0.153 e. The number of hydrogen-bond donors (Lipinski definition) is 0. The summed E-state index contributed by atoms with van der Waals surface area (Å²) < 4.78 is 5.36. The van der Waals surface area contributed by atoms with E-state index in [1.54, 1.807) is 12.1 Å². The molecule has 13 heavy (non-hydrogen) atoms. The second-order valence-corrected chi connectivity index (χ2v) is 3.32. The van der Waals surface area contributed by atoms with E-state index in [0.717, 1.165) is 17.4 Å². The Balaban J connectivity index is 2.88. The van der Waals surface area contributed by atoms with Gasteiger partial charge in [-0.25, -0.2) is 0 Å². The van der Waals surface area contributed by atoms with Crippen molar-refractivity contribution in [3.63, 3.8) is 0 Å². The first-order chi connectivity index (χ1) is 6.20. The number of hydrogen-bond acceptors (Lipinski definition) is 2. The maximum absolute atomic E-state index is 10.7. The Kier molecular flexibility index (Phi) is 1.85. The van der Waals surface area contributed by atoms with Crippen LogP contribution in [0.3, 0.4) is 0 Å². The number of halogens is 1. The summed E-state index contributed by atoms with van der Waals surface area (Å²) in [4.78, 5) is 10.7. The van der Waals surface area contributed by atoms with Crippen molar-refractivity contribution < 1.29 is 9.21 Å². The highest BCUT2D eigenvalue weighted by Crippen LogP contribution is 2.25. The van der Waals surface area contributed by atoms with Gasteiger partial charge in [0.2, 0.25) is 0 Å². The van der Waals surface area contributed by atoms with Crippen molar-refractivity contribution >= 4 is 28.9 Å². The van der Waals surface area contributed by atoms with Gasteiger partial charge in [-0.05, 0) is 25.1 Å². The van der Waals surface area contributed by atoms with Crippen LogP contribution >= 0.6 is 11.6 Å². The topological polar surface area (TPSA) is 30.2 Å². The molecule has 0 saturated heterocycles. The molecule has 1 aromatic heterocycles. The van der Waals surface area contributed by atoms with Crippen molar-refractivity contribution in [1.29, 1.82) is 0 Å². The van der Waals surface area contributed by atoms with E-state index in [2.05, 4.69) is 0 Å². The summed E-state index contributed by atoms with van der Waals surface area (Å²) in [5, 5.41) is 1.42. The highest BCUT2D eigenvalue weighted by atomic mass is 35.5. The number of fused-ring (bicyclic) bond motifs is 1. The number of rotatable bonds is 1. The van der Waals surface area contributed by atoms with Crippen LogP contribution in [0, 0.1) is 6.92 Å². The normalized spacial score (nSPS) is 10.6. The molecule has 0 spiro atoms. The Labute approximate surface area is 80.1 Å². The molecule has 1 aromatic carbocycles. The lowest BCUT2D eigenvalue weighted by molar-refractivity contribution is 0.112. The summed E-state index contributed by atoms with van der Waals surface area (Å²) in [6, 6.07) is 5.23. The molecule has 1 heterocycles. The van der Waals surface area contributed by atoms with Crippen molar-refractivity contribution in [3.05, 3.63) is 34.5 Å². The lowest BCUT2D eigenvalue weighted by atomic mass is 10.2. The largest absolute Gasteiger partial charge is 0.461 e. The molecule has 2 rings (SSSR count). The third-order valence-corrected chi connectivity index (χ3v) is 2.08. The molecule has 2 nitrogen and oxygen atoms in total. The predicted octanol–water partition coefficient (Wildman–Crippen LogP) is 3.21. The fourth-order valence-electron chi connectivity index (χ4n) is 1.36. The van der Waals surface area contributed by atoms with Crippen LogP contribution in [0.5, 0.6) is 0 Å². The van der Waals surface area contributed by atoms with Crippen molar-refractivity contribution in [2.45, 2.75) is 6.92 Å². The predicted molar refractivity (Wildman–Crippen MR) is 51.3 cm³/mol. The molecule has 0 aliphatic carbocycles. The molecule has 0 amide bonds. The van der Waals surface area contributed by atoms with E-state index in [9.17, 15) is 4.79 Å². The van der Waals surface area contributed by atoms with Gasteiger partial charge in [0.25, 0.3) is 0 Å². The Hall–Kier alpha value is -1.28. The average Bonchev–Trinajstić information content (AvgIpc) is 2.43. The molecule has 0 fully saturated rings. The molecule has 66 valence electrons. The number of aldehydes is 1. The SMILES string of the molecule is Cc1cc2cc(Cl)cc(C=O)c2o1. The van der Waals surface area contributed by atoms with Crippen LogP contribution < -0.4 is 0 Å². The molecule has 0 aliphatic rings. The summed E-state index contributed by atoms with van der Waals surface area (Å²) in [5.41, 5.74) is 1.10. The van der Waals surface area contributed by atoms with Gasteiger partial charge in [-0.2, -0.15) is 0 Å². The van der Waals surface area contributed by atoms with Gasteiger partial charge in [-0.1, -0.05) is 11.6 Å². The average molecular weight is 195 g/mol. The zero-order valence-electron chi connectivity index (χ0n) is 7.00. The molecular formula is C10H7ClO2. The van der Waals surface area contributed by atoms with Gasteiger partial charge in [-0.3, -0.25) is 4.79 Å². The minimum absolute atomic E-state index is 0.496. The second kappa shape index (κ2) is 2.89. The molecule has 0 unspecified atom stereocenters. The van der Waals surface area contributed by atoms with Crippen molar-refractivity contribution in [2.75, 3.05) is 0 Å². The van der Waals surface area contributed by atoms with Crippen LogP contribution in [0.25, 0.3) is 11.0 Å². The van der Waals surface area contributed by atoms with Crippen LogP contribution in [-0.4, -0.2) is 6.29 Å². The minimum Gasteiger partial charge on any atom is -0.461 e. The molecule has 3 heteroatoms. The number of benzene rings is 1. The standard InChI is InChI=1S/C10H7ClO2/c1-6-2-7-3-9(11)4-8(5-12)10(7)13-6/h2-5H,1H3. The molecular weight excluding hydrogens is 188 g/mol. The van der Waals surface area contributed by atoms with Crippen molar-refractivity contribution in [3.8, 4) is 0 Å². The molecule has 0 N–H and O–H groups in total. The van der Waals surface area contributed by atoms with Crippen molar-refractivity contribution in [2.24, 2.45) is 0 Å². The monoisotopic (exact) mass is 194 g/mol. The van der Waals surface area contributed by atoms with Gasteiger partial charge in [0.05, 0.1) is 5.56 Å². The molecule has 2 aromatic rings. The summed E-state index contributed by atoms with van der Waals surface area (Å²) in [6.07, 6.45) is 0.747. The van der Waals surface area contributed by atoms with Crippen LogP contribution in [0.2, 0.25) is 5.02 Å². The van der Waals surface area contributed by atoms with Gasteiger partial charge in [0.1, 0.15) is 11.3 Å². The second-order valence-electron chi connectivity index (χ2n) is 2.89. The summed E-state index contributed by atoms with van der Waals surface area (Å²) in [6.45, 7) is 1.84. The van der Waals surface area contributed by atoms with Crippen LogP contribution in [0.1, 0.15) is 16.1 Å². The zero-order chi connectivity index (χ0) is 9.42. The van der Waals surface area contributed by atoms with E-state index in [1.807, 2.05) is 13.0 Å². The van der Waals surface area contributed by atoms with E-state index >= 15 is 0 Å². The number of carbonyl (C=O) groups excluding carboxylic acids is 1. The first-order valence-corrected chi connectivity index (χ1v) is 4.23. The quantitative estimate of drug-likeness (QED) is 0.653. The lowest BCUT2D eigenvalue weighted by Gasteiger charge is -1.93. The summed E-state index contributed by atoms with van der Waals surface area (Å²) in [5.74, 6) is 0.778. The fraction of sp³-hybridized carbons (Fsp3) is 0.100. The summed E-state index contributed by atoms with van der Waals surface area (Å²) in [7, 11) is 0. The number of carbonyl (C=O) groups is 1. The lowest BCUT2D eigenvalue weighted by Crippen LogP contribution is -1.79. The maximum atomic E-state index is 10.7. The van der Waals surface area contributed by atoms with E-state index in [0.29, 0.717) is 16.2 Å². The Morgan fingerprint density at radius 3 is 2.85 bits per heavy atom. The van der Waals surface area contributed by atoms with E-state index in [-0.39, 0.29) is 0 Å². The Bertz CT molecular complexity index is 471. The molecule has 0 atom stereocenters. The van der Waals surface area contributed by atoms with Gasteiger partial charge >= 0.3 is 0 Å². The van der Waals surface area contributed by atoms with Gasteiger partial charge in [0, 0.05) is 10.4 Å². The third-order valence-electron chi connectivity index (χ3n) is 1.86. The maximum Gasteiger partial charge on any atom is 0.153 e. The molecule has 0 aliphatic heterocycles. The number of furan rings is 1. The van der Waals surface area contributed by atoms with Crippen LogP contribution in [-0.2, 0) is 0 Å². The van der Waals surface area contributed by atoms with E-state index < -0.39 is 0 Å². The van der Waals surface area contributed by atoms with Gasteiger partial charge in [0.15, 0.2) is 6.29 Å². The van der Waals surface area contributed by atoms with Gasteiger partial charge < -0.3 is 4.42 Å². The van der Waals surface area contributed by atoms with Crippen molar-refractivity contribution in [1.82, 2.24) is 0 Å². The van der Waals surface area contributed by atoms with E-state index in [4.69, 9.17) is 16.0 Å². The summed E-state index contributed by atoms with van der Waals surface area (Å²) >= 11 is 5.81. The first kappa shape index (κ1) is 8.32. The zero-order valence-corrected chi connectivity index (χ0v) is 7.76. The van der Waals surface area contributed by atoms with Gasteiger partial charge in [-0.15, -0.1) is 0 Å². The fourth-order valence-corrected chi connectivity index (χ4v) is 1.59. The third kappa shape index (κ3) is 1.33. The number of aryl methyl sites for hydroxylation is 1. The Morgan fingerprint density at radius 1 is 1.38 bits per heavy atom. The molecule has 0 bridgehead atoms. The first-order valence-electron chi connectivity index (χ1n) is 3.85. The minimum atomic E-state index is 0.496. The molecule has 0 saturated carbocycles. The Morgan fingerprint density at radius 2 is 2.15 bits per heavy atom. The van der Waals surface area contributed by atoms with Crippen LogP contribution in [0.15, 0.2) is 22.6 Å². The molecule has 0 radical (unpaired) electrons. The van der Waals surface area contributed by atoms with Crippen LogP contribution in [0.4, 0.5) is 0 Å². The highest BCUT2D eigenvalue weighted by Gasteiger charge is 2.06. The highest BCUT2D eigenvalue weighted by molar-refractivity contribution is 6.31. The van der Waals surface area contributed by atoms with E-state index in [1.165, 1.54) is 0 Å².